The third-order valence-corrected chi connectivity index (χ3v) is 6.61. The Labute approximate surface area is 194 Å². The van der Waals surface area contributed by atoms with Crippen LogP contribution in [-0.2, 0) is 14.9 Å². The smallest absolute Gasteiger partial charge is 0.294 e. The SMILES string of the molecule is CC(C)(C)CC(CC1C=C(OCCCOc2ccc(S(=O)(=O)O)cc2)C=CC1)C(C)(C)C. The molecule has 1 aliphatic rings. The number of benzene rings is 1. The molecule has 32 heavy (non-hydrogen) atoms. The monoisotopic (exact) mass is 464 g/mol. The fraction of sp³-hybridized carbons (Fsp3) is 0.615. The zero-order valence-electron chi connectivity index (χ0n) is 20.4. The van der Waals surface area contributed by atoms with Gasteiger partial charge in [0.2, 0.25) is 0 Å². The minimum Gasteiger partial charge on any atom is -0.494 e. The quantitative estimate of drug-likeness (QED) is 0.309. The highest BCUT2D eigenvalue weighted by Crippen LogP contribution is 2.41. The van der Waals surface area contributed by atoms with E-state index in [0.717, 1.165) is 12.2 Å². The minimum absolute atomic E-state index is 0.144. The predicted molar refractivity (Wildman–Crippen MR) is 129 cm³/mol. The molecule has 0 fully saturated rings. The van der Waals surface area contributed by atoms with Crippen LogP contribution in [0.25, 0.3) is 0 Å². The molecule has 6 heteroatoms. The van der Waals surface area contributed by atoms with Crippen LogP contribution in [0.2, 0.25) is 0 Å². The maximum absolute atomic E-state index is 11.1. The lowest BCUT2D eigenvalue weighted by molar-refractivity contribution is 0.139. The molecule has 5 nitrogen and oxygen atoms in total. The van der Waals surface area contributed by atoms with Gasteiger partial charge in [0, 0.05) is 6.42 Å². The molecule has 0 saturated heterocycles. The Bertz CT molecular complexity index is 884. The maximum atomic E-state index is 11.1. The van der Waals surface area contributed by atoms with Crippen molar-refractivity contribution in [2.24, 2.45) is 22.7 Å². The van der Waals surface area contributed by atoms with Crippen LogP contribution in [0.1, 0.15) is 67.2 Å². The minimum atomic E-state index is -4.18. The lowest BCUT2D eigenvalue weighted by Gasteiger charge is -2.37. The van der Waals surface area contributed by atoms with Gasteiger partial charge in [-0.1, -0.05) is 47.6 Å². The first-order valence-corrected chi connectivity index (χ1v) is 12.9. The lowest BCUT2D eigenvalue weighted by Crippen LogP contribution is -2.27. The van der Waals surface area contributed by atoms with Crippen molar-refractivity contribution in [3.05, 3.63) is 48.3 Å². The summed E-state index contributed by atoms with van der Waals surface area (Å²) < 4.78 is 42.7. The fourth-order valence-corrected chi connectivity index (χ4v) is 4.45. The van der Waals surface area contributed by atoms with E-state index in [-0.39, 0.29) is 10.3 Å². The highest BCUT2D eigenvalue weighted by atomic mass is 32.2. The Balaban J connectivity index is 1.80. The zero-order chi connectivity index (χ0) is 24.0. The topological polar surface area (TPSA) is 72.8 Å². The van der Waals surface area contributed by atoms with E-state index in [1.165, 1.54) is 37.1 Å². The van der Waals surface area contributed by atoms with Gasteiger partial charge in [-0.3, -0.25) is 4.55 Å². The van der Waals surface area contributed by atoms with Gasteiger partial charge in [0.25, 0.3) is 10.1 Å². The molecular weight excluding hydrogens is 424 g/mol. The van der Waals surface area contributed by atoms with Crippen molar-refractivity contribution >= 4 is 10.1 Å². The van der Waals surface area contributed by atoms with Gasteiger partial charge in [-0.05, 0) is 78.3 Å². The van der Waals surface area contributed by atoms with Crippen molar-refractivity contribution in [1.82, 2.24) is 0 Å². The van der Waals surface area contributed by atoms with E-state index in [0.29, 0.717) is 42.6 Å². The van der Waals surface area contributed by atoms with E-state index in [1.54, 1.807) is 0 Å². The number of rotatable bonds is 10. The Hall–Kier alpha value is -1.79. The standard InChI is InChI=1S/C26H40O5S/c1-25(2,3)19-21(26(4,5)6)17-20-9-7-10-23(18-20)31-16-8-15-30-22-11-13-24(14-12-22)32(27,28)29/h7,10-14,18,20-21H,8-9,15-17,19H2,1-6H3,(H,27,28,29). The molecule has 2 rings (SSSR count). The van der Waals surface area contributed by atoms with Crippen molar-refractivity contribution in [2.45, 2.75) is 72.1 Å². The summed E-state index contributed by atoms with van der Waals surface area (Å²) >= 11 is 0. The second-order valence-corrected chi connectivity index (χ2v) is 12.4. The highest BCUT2D eigenvalue weighted by Gasteiger charge is 2.31. The Morgan fingerprint density at radius 1 is 1.03 bits per heavy atom. The van der Waals surface area contributed by atoms with Crippen LogP contribution in [0.5, 0.6) is 5.75 Å². The molecule has 180 valence electrons. The van der Waals surface area contributed by atoms with E-state index in [4.69, 9.17) is 14.0 Å². The molecule has 0 aliphatic heterocycles. The van der Waals surface area contributed by atoms with E-state index in [1.807, 2.05) is 0 Å². The average molecular weight is 465 g/mol. The van der Waals surface area contributed by atoms with Crippen LogP contribution in [0.4, 0.5) is 0 Å². The van der Waals surface area contributed by atoms with Crippen LogP contribution < -0.4 is 4.74 Å². The normalized spacial score (nSPS) is 18.2. The van der Waals surface area contributed by atoms with E-state index < -0.39 is 10.1 Å². The molecule has 2 unspecified atom stereocenters. The number of ether oxygens (including phenoxy) is 2. The lowest BCUT2D eigenvalue weighted by atomic mass is 9.68. The van der Waals surface area contributed by atoms with Gasteiger partial charge in [0.05, 0.1) is 18.1 Å². The van der Waals surface area contributed by atoms with E-state index in [9.17, 15) is 8.42 Å². The molecule has 0 amide bonds. The Morgan fingerprint density at radius 3 is 2.22 bits per heavy atom. The average Bonchev–Trinajstić information content (AvgIpc) is 2.65. The van der Waals surface area contributed by atoms with Gasteiger partial charge in [-0.2, -0.15) is 8.42 Å². The summed E-state index contributed by atoms with van der Waals surface area (Å²) in [6, 6.07) is 5.71. The molecule has 2 atom stereocenters. The van der Waals surface area contributed by atoms with Gasteiger partial charge >= 0.3 is 0 Å². The van der Waals surface area contributed by atoms with Gasteiger partial charge in [0.1, 0.15) is 11.5 Å². The van der Waals surface area contributed by atoms with Crippen molar-refractivity contribution in [3.8, 4) is 5.75 Å². The molecule has 0 aromatic heterocycles. The van der Waals surface area contributed by atoms with Crippen LogP contribution >= 0.6 is 0 Å². The molecule has 1 N–H and O–H groups in total. The van der Waals surface area contributed by atoms with Gasteiger partial charge in [-0.15, -0.1) is 0 Å². The summed E-state index contributed by atoms with van der Waals surface area (Å²) in [5, 5.41) is 0. The number of hydrogen-bond acceptors (Lipinski definition) is 4. The second kappa shape index (κ2) is 10.9. The second-order valence-electron chi connectivity index (χ2n) is 11.0. The van der Waals surface area contributed by atoms with Gasteiger partial charge in [-0.25, -0.2) is 0 Å². The predicted octanol–water partition coefficient (Wildman–Crippen LogP) is 6.67. The highest BCUT2D eigenvalue weighted by molar-refractivity contribution is 7.85. The Kier molecular flexibility index (Phi) is 9.00. The molecule has 0 radical (unpaired) electrons. The van der Waals surface area contributed by atoms with Crippen molar-refractivity contribution in [2.75, 3.05) is 13.2 Å². The maximum Gasteiger partial charge on any atom is 0.294 e. The van der Waals surface area contributed by atoms with Crippen LogP contribution in [0.15, 0.2) is 53.1 Å². The number of hydrogen-bond donors (Lipinski definition) is 1. The summed E-state index contributed by atoms with van der Waals surface area (Å²) in [6.07, 6.45) is 10.7. The van der Waals surface area contributed by atoms with E-state index >= 15 is 0 Å². The molecule has 0 spiro atoms. The summed E-state index contributed by atoms with van der Waals surface area (Å²) in [6.45, 7) is 15.0. The first-order chi connectivity index (χ1) is 14.7. The molecule has 1 aromatic carbocycles. The third-order valence-electron chi connectivity index (χ3n) is 5.74. The molecule has 0 saturated carbocycles. The Morgan fingerprint density at radius 2 is 1.66 bits per heavy atom. The summed E-state index contributed by atoms with van der Waals surface area (Å²) in [4.78, 5) is -0.144. The first-order valence-electron chi connectivity index (χ1n) is 11.5. The number of allylic oxidation sites excluding steroid dienone is 3. The summed E-state index contributed by atoms with van der Waals surface area (Å²) in [5.74, 6) is 2.64. The van der Waals surface area contributed by atoms with Crippen molar-refractivity contribution in [3.63, 3.8) is 0 Å². The summed E-state index contributed by atoms with van der Waals surface area (Å²) in [5.41, 5.74) is 0.596. The van der Waals surface area contributed by atoms with Gasteiger partial charge < -0.3 is 9.47 Å². The van der Waals surface area contributed by atoms with Crippen molar-refractivity contribution < 1.29 is 22.4 Å². The molecular formula is C26H40O5S. The van der Waals surface area contributed by atoms with Gasteiger partial charge in [0.15, 0.2) is 0 Å². The van der Waals surface area contributed by atoms with Crippen LogP contribution in [-0.4, -0.2) is 26.2 Å². The van der Waals surface area contributed by atoms with Crippen molar-refractivity contribution in [1.29, 1.82) is 0 Å². The molecule has 1 aliphatic carbocycles. The fourth-order valence-electron chi connectivity index (χ4n) is 3.97. The largest absolute Gasteiger partial charge is 0.494 e. The van der Waals surface area contributed by atoms with Crippen LogP contribution in [0.3, 0.4) is 0 Å². The summed E-state index contributed by atoms with van der Waals surface area (Å²) in [7, 11) is -4.18. The van der Waals surface area contributed by atoms with Crippen LogP contribution in [0, 0.1) is 22.7 Å². The molecule has 0 bridgehead atoms. The zero-order valence-corrected chi connectivity index (χ0v) is 21.2. The molecule has 1 aromatic rings. The first kappa shape index (κ1) is 26.5. The molecule has 0 heterocycles. The van der Waals surface area contributed by atoms with E-state index in [2.05, 4.69) is 59.8 Å². The third kappa shape index (κ3) is 9.37.